The maximum Gasteiger partial charge on any atom is 0.223 e. The molecule has 30 heavy (non-hydrogen) atoms. The van der Waals surface area contributed by atoms with Crippen LogP contribution in [0.2, 0.25) is 0 Å². The summed E-state index contributed by atoms with van der Waals surface area (Å²) in [6.45, 7) is 2.47. The van der Waals surface area contributed by atoms with Gasteiger partial charge in [-0.05, 0) is 51.2 Å². The minimum absolute atomic E-state index is 0.000364. The zero-order chi connectivity index (χ0) is 21.1. The first-order valence-electron chi connectivity index (χ1n) is 10.5. The molecule has 8 nitrogen and oxygen atoms in total. The molecule has 1 amide bonds. The second-order valence-electron chi connectivity index (χ2n) is 7.86. The summed E-state index contributed by atoms with van der Waals surface area (Å²) in [5, 5.41) is 3.17. The van der Waals surface area contributed by atoms with Crippen LogP contribution in [-0.4, -0.2) is 52.4 Å². The van der Waals surface area contributed by atoms with E-state index in [1.165, 1.54) is 4.31 Å². The van der Waals surface area contributed by atoms with Crippen molar-refractivity contribution in [2.45, 2.75) is 45.1 Å². The number of fused-ring (bicyclic) bond motifs is 1. The molecule has 0 radical (unpaired) electrons. The van der Waals surface area contributed by atoms with E-state index in [4.69, 9.17) is 4.98 Å². The number of nitrogens with zero attached hydrogens (tertiary/aromatic N) is 4. The Hall–Kier alpha value is -2.39. The molecule has 1 aliphatic carbocycles. The first-order chi connectivity index (χ1) is 14.5. The van der Waals surface area contributed by atoms with Crippen LogP contribution in [-0.2, 0) is 21.2 Å². The lowest BCUT2D eigenvalue weighted by molar-refractivity contribution is -0.127. The summed E-state index contributed by atoms with van der Waals surface area (Å²) in [5.74, 6) is 0.618. The van der Waals surface area contributed by atoms with Crippen molar-refractivity contribution in [3.05, 3.63) is 42.0 Å². The van der Waals surface area contributed by atoms with E-state index in [2.05, 4.69) is 15.3 Å². The van der Waals surface area contributed by atoms with Crippen molar-refractivity contribution in [2.24, 2.45) is 5.92 Å². The smallest absolute Gasteiger partial charge is 0.223 e. The van der Waals surface area contributed by atoms with Crippen LogP contribution in [0.4, 0.5) is 0 Å². The highest BCUT2D eigenvalue weighted by Gasteiger charge is 2.32. The van der Waals surface area contributed by atoms with Gasteiger partial charge in [-0.1, -0.05) is 0 Å². The number of aryl methyl sites for hydroxylation is 1. The van der Waals surface area contributed by atoms with Crippen LogP contribution in [0.3, 0.4) is 0 Å². The molecule has 4 rings (SSSR count). The van der Waals surface area contributed by atoms with Gasteiger partial charge >= 0.3 is 0 Å². The van der Waals surface area contributed by atoms with E-state index < -0.39 is 10.0 Å². The molecule has 1 fully saturated rings. The molecule has 0 spiro atoms. The minimum Gasteiger partial charge on any atom is -0.349 e. The third-order valence-corrected chi connectivity index (χ3v) is 7.90. The molecule has 1 unspecified atom stereocenters. The van der Waals surface area contributed by atoms with Crippen LogP contribution < -0.4 is 5.32 Å². The van der Waals surface area contributed by atoms with Crippen molar-refractivity contribution in [3.8, 4) is 11.4 Å². The summed E-state index contributed by atoms with van der Waals surface area (Å²) in [5.41, 5.74) is 2.89. The van der Waals surface area contributed by atoms with E-state index in [-0.39, 0.29) is 23.6 Å². The van der Waals surface area contributed by atoms with Gasteiger partial charge in [-0.15, -0.1) is 0 Å². The Balaban J connectivity index is 1.42. The van der Waals surface area contributed by atoms with Gasteiger partial charge in [-0.3, -0.25) is 9.78 Å². The monoisotopic (exact) mass is 429 g/mol. The lowest BCUT2D eigenvalue weighted by Gasteiger charge is -2.32. The number of hydrogen-bond donors (Lipinski definition) is 1. The number of nitrogens with one attached hydrogen (secondary N) is 1. The number of piperidine rings is 1. The van der Waals surface area contributed by atoms with Crippen molar-refractivity contribution >= 4 is 15.9 Å². The van der Waals surface area contributed by atoms with Gasteiger partial charge in [0.15, 0.2) is 5.82 Å². The largest absolute Gasteiger partial charge is 0.349 e. The Morgan fingerprint density at radius 3 is 2.63 bits per heavy atom. The van der Waals surface area contributed by atoms with E-state index in [0.29, 0.717) is 31.8 Å². The van der Waals surface area contributed by atoms with Gasteiger partial charge in [0.05, 0.1) is 11.8 Å². The second kappa shape index (κ2) is 8.77. The summed E-state index contributed by atoms with van der Waals surface area (Å²) < 4.78 is 25.5. The quantitative estimate of drug-likeness (QED) is 0.780. The molecule has 0 aromatic carbocycles. The highest BCUT2D eigenvalue weighted by atomic mass is 32.2. The number of carbonyl (C=O) groups excluding carboxylic acids is 1. The molecule has 2 aromatic rings. The number of amides is 1. The van der Waals surface area contributed by atoms with Gasteiger partial charge in [-0.25, -0.2) is 22.7 Å². The zero-order valence-electron chi connectivity index (χ0n) is 17.1. The fourth-order valence-corrected chi connectivity index (χ4v) is 5.34. The molecule has 3 heterocycles. The standard InChI is InChI=1S/C21H27N5O3S/c1-2-30(28,29)26-12-8-16(9-13-26)21(27)25-19-5-3-4-18-17(19)14-23-20(24-18)15-6-10-22-11-7-15/h6-7,10-11,14,16,19H,2-5,8-9,12-13H2,1H3,(H,25,27). The molecular formula is C21H27N5O3S. The van der Waals surface area contributed by atoms with Gasteiger partial charge in [-0.2, -0.15) is 0 Å². The summed E-state index contributed by atoms with van der Waals surface area (Å²) in [6.07, 6.45) is 9.08. The predicted molar refractivity (Wildman–Crippen MR) is 113 cm³/mol. The van der Waals surface area contributed by atoms with Gasteiger partial charge in [0.1, 0.15) is 0 Å². The molecule has 160 valence electrons. The first-order valence-corrected chi connectivity index (χ1v) is 12.1. The molecule has 1 atom stereocenters. The molecule has 1 aliphatic heterocycles. The minimum atomic E-state index is -3.18. The predicted octanol–water partition coefficient (Wildman–Crippen LogP) is 2.09. The Morgan fingerprint density at radius 2 is 1.93 bits per heavy atom. The molecule has 2 aromatic heterocycles. The average Bonchev–Trinajstić information content (AvgIpc) is 2.79. The Kier molecular flexibility index (Phi) is 6.10. The Morgan fingerprint density at radius 1 is 1.20 bits per heavy atom. The van der Waals surface area contributed by atoms with Gasteiger partial charge in [0, 0.05) is 54.4 Å². The zero-order valence-corrected chi connectivity index (χ0v) is 17.9. The normalized spacial score (nSPS) is 20.5. The van der Waals surface area contributed by atoms with E-state index in [0.717, 1.165) is 36.1 Å². The van der Waals surface area contributed by atoms with Crippen molar-refractivity contribution in [1.82, 2.24) is 24.6 Å². The third-order valence-electron chi connectivity index (χ3n) is 6.02. The van der Waals surface area contributed by atoms with E-state index >= 15 is 0 Å². The number of sulfonamides is 1. The van der Waals surface area contributed by atoms with Crippen LogP contribution in [0.5, 0.6) is 0 Å². The Bertz CT molecular complexity index is 1000. The summed E-state index contributed by atoms with van der Waals surface area (Å²) in [7, 11) is -3.18. The molecule has 0 saturated carbocycles. The molecule has 1 saturated heterocycles. The number of hydrogen-bond acceptors (Lipinski definition) is 6. The third kappa shape index (κ3) is 4.37. The van der Waals surface area contributed by atoms with E-state index in [9.17, 15) is 13.2 Å². The van der Waals surface area contributed by atoms with Crippen LogP contribution in [0, 0.1) is 5.92 Å². The highest BCUT2D eigenvalue weighted by Crippen LogP contribution is 2.30. The fraction of sp³-hybridized carbons (Fsp3) is 0.524. The second-order valence-corrected chi connectivity index (χ2v) is 10.1. The van der Waals surface area contributed by atoms with Crippen LogP contribution in [0.25, 0.3) is 11.4 Å². The number of aromatic nitrogens is 3. The van der Waals surface area contributed by atoms with E-state index in [1.54, 1.807) is 19.3 Å². The molecule has 2 aliphatic rings. The van der Waals surface area contributed by atoms with Gasteiger partial charge < -0.3 is 5.32 Å². The number of pyridine rings is 1. The van der Waals surface area contributed by atoms with Crippen molar-refractivity contribution in [2.75, 3.05) is 18.8 Å². The number of rotatable bonds is 5. The molecule has 1 N–H and O–H groups in total. The maximum absolute atomic E-state index is 12.9. The fourth-order valence-electron chi connectivity index (χ4n) is 4.21. The lowest BCUT2D eigenvalue weighted by Crippen LogP contribution is -2.44. The van der Waals surface area contributed by atoms with Crippen molar-refractivity contribution in [3.63, 3.8) is 0 Å². The lowest BCUT2D eigenvalue weighted by atomic mass is 9.90. The Labute approximate surface area is 177 Å². The molecule has 9 heteroatoms. The van der Waals surface area contributed by atoms with Crippen molar-refractivity contribution < 1.29 is 13.2 Å². The maximum atomic E-state index is 12.9. The summed E-state index contributed by atoms with van der Waals surface area (Å²) >= 11 is 0. The molecule has 0 bridgehead atoms. The van der Waals surface area contributed by atoms with E-state index in [1.807, 2.05) is 18.3 Å². The van der Waals surface area contributed by atoms with Crippen molar-refractivity contribution in [1.29, 1.82) is 0 Å². The molecular weight excluding hydrogens is 402 g/mol. The summed E-state index contributed by atoms with van der Waals surface area (Å²) in [4.78, 5) is 26.1. The topological polar surface area (TPSA) is 105 Å². The summed E-state index contributed by atoms with van der Waals surface area (Å²) in [6, 6.07) is 3.68. The average molecular weight is 430 g/mol. The van der Waals surface area contributed by atoms with Crippen LogP contribution in [0.15, 0.2) is 30.7 Å². The SMILES string of the molecule is CCS(=O)(=O)N1CCC(C(=O)NC2CCCc3nc(-c4ccncc4)ncc32)CC1. The van der Waals surface area contributed by atoms with Crippen LogP contribution >= 0.6 is 0 Å². The van der Waals surface area contributed by atoms with Crippen LogP contribution in [0.1, 0.15) is 49.9 Å². The highest BCUT2D eigenvalue weighted by molar-refractivity contribution is 7.89. The van der Waals surface area contributed by atoms with Gasteiger partial charge in [0.2, 0.25) is 15.9 Å². The van der Waals surface area contributed by atoms with Gasteiger partial charge in [0.25, 0.3) is 0 Å². The first kappa shape index (κ1) is 20.9. The number of carbonyl (C=O) groups is 1.